The summed E-state index contributed by atoms with van der Waals surface area (Å²) in [6, 6.07) is 12.3. The predicted octanol–water partition coefficient (Wildman–Crippen LogP) is 3.29. The van der Waals surface area contributed by atoms with Gasteiger partial charge in [0.1, 0.15) is 11.6 Å². The lowest BCUT2D eigenvalue weighted by Gasteiger charge is -2.28. The van der Waals surface area contributed by atoms with Crippen molar-refractivity contribution in [2.24, 2.45) is 4.99 Å². The molecule has 0 atom stereocenters. The van der Waals surface area contributed by atoms with E-state index in [2.05, 4.69) is 43.3 Å². The van der Waals surface area contributed by atoms with Crippen LogP contribution < -0.4 is 15.0 Å². The van der Waals surface area contributed by atoms with Gasteiger partial charge in [-0.3, -0.25) is 4.99 Å². The van der Waals surface area contributed by atoms with Crippen molar-refractivity contribution in [2.45, 2.75) is 32.4 Å². The normalized spacial score (nSPS) is 14.7. The molecule has 28 heavy (non-hydrogen) atoms. The van der Waals surface area contributed by atoms with Gasteiger partial charge in [0.15, 0.2) is 5.96 Å². The van der Waals surface area contributed by atoms with Crippen LogP contribution in [0.15, 0.2) is 47.6 Å². The van der Waals surface area contributed by atoms with E-state index >= 15 is 0 Å². The SMILES string of the molecule is CN=C(NCc1ccnc(N2CCCCC2)c1)N(C)Cc1ccccc1OC. The molecule has 0 aliphatic carbocycles. The number of guanidine groups is 1. The average molecular weight is 382 g/mol. The summed E-state index contributed by atoms with van der Waals surface area (Å²) in [5.41, 5.74) is 2.34. The standard InChI is InChI=1S/C22H31N5O/c1-23-22(26(2)17-19-9-5-6-10-20(19)28-3)25-16-18-11-12-24-21(15-18)27-13-7-4-8-14-27/h5-6,9-12,15H,4,7-8,13-14,16-17H2,1-3H3,(H,23,25). The van der Waals surface area contributed by atoms with Gasteiger partial charge in [0.05, 0.1) is 7.11 Å². The first kappa shape index (κ1) is 20.0. The van der Waals surface area contributed by atoms with Gasteiger partial charge in [-0.2, -0.15) is 0 Å². The molecule has 1 aliphatic rings. The monoisotopic (exact) mass is 381 g/mol. The molecule has 1 aromatic carbocycles. The van der Waals surface area contributed by atoms with Crippen LogP contribution in [0, 0.1) is 0 Å². The van der Waals surface area contributed by atoms with Gasteiger partial charge in [-0.15, -0.1) is 0 Å². The maximum Gasteiger partial charge on any atom is 0.193 e. The van der Waals surface area contributed by atoms with Crippen molar-refractivity contribution >= 4 is 11.8 Å². The number of aromatic nitrogens is 1. The summed E-state index contributed by atoms with van der Waals surface area (Å²) in [4.78, 5) is 13.5. The Bertz CT molecular complexity index is 786. The summed E-state index contributed by atoms with van der Waals surface area (Å²) >= 11 is 0. The number of piperidine rings is 1. The van der Waals surface area contributed by atoms with Crippen molar-refractivity contribution in [1.82, 2.24) is 15.2 Å². The Morgan fingerprint density at radius 1 is 1.21 bits per heavy atom. The number of nitrogens with one attached hydrogen (secondary N) is 1. The van der Waals surface area contributed by atoms with Gasteiger partial charge in [-0.1, -0.05) is 18.2 Å². The van der Waals surface area contributed by atoms with E-state index in [1.807, 2.05) is 38.5 Å². The van der Waals surface area contributed by atoms with Crippen LogP contribution in [0.5, 0.6) is 5.75 Å². The van der Waals surface area contributed by atoms with Crippen molar-refractivity contribution in [3.8, 4) is 5.75 Å². The first-order chi connectivity index (χ1) is 13.7. The van der Waals surface area contributed by atoms with Crippen LogP contribution >= 0.6 is 0 Å². The van der Waals surface area contributed by atoms with Crippen molar-refractivity contribution in [2.75, 3.05) is 39.2 Å². The second kappa shape index (κ2) is 9.97. The Morgan fingerprint density at radius 2 is 2.00 bits per heavy atom. The maximum atomic E-state index is 5.46. The predicted molar refractivity (Wildman–Crippen MR) is 115 cm³/mol. The largest absolute Gasteiger partial charge is 0.496 e. The number of pyridine rings is 1. The molecule has 1 aromatic heterocycles. The number of nitrogens with zero attached hydrogens (tertiary/aromatic N) is 4. The number of ether oxygens (including phenoxy) is 1. The fourth-order valence-corrected chi connectivity index (χ4v) is 3.60. The molecule has 0 bridgehead atoms. The molecule has 0 spiro atoms. The highest BCUT2D eigenvalue weighted by Gasteiger charge is 2.13. The van der Waals surface area contributed by atoms with Gasteiger partial charge in [0, 0.05) is 52.0 Å². The average Bonchev–Trinajstić information content (AvgIpc) is 2.75. The molecular weight excluding hydrogens is 350 g/mol. The van der Waals surface area contributed by atoms with E-state index < -0.39 is 0 Å². The number of rotatable bonds is 6. The zero-order chi connectivity index (χ0) is 19.8. The lowest BCUT2D eigenvalue weighted by molar-refractivity contribution is 0.396. The van der Waals surface area contributed by atoms with Crippen LogP contribution in [0.1, 0.15) is 30.4 Å². The highest BCUT2D eigenvalue weighted by Crippen LogP contribution is 2.20. The van der Waals surface area contributed by atoms with Crippen molar-refractivity contribution < 1.29 is 4.74 Å². The Hall–Kier alpha value is -2.76. The van der Waals surface area contributed by atoms with Crippen LogP contribution in [0.4, 0.5) is 5.82 Å². The Morgan fingerprint density at radius 3 is 2.75 bits per heavy atom. The van der Waals surface area contributed by atoms with E-state index in [0.29, 0.717) is 6.54 Å². The van der Waals surface area contributed by atoms with Crippen LogP contribution in [-0.4, -0.2) is 50.1 Å². The lowest BCUT2D eigenvalue weighted by atomic mass is 10.1. The summed E-state index contributed by atoms with van der Waals surface area (Å²) in [5.74, 6) is 2.82. The van der Waals surface area contributed by atoms with Crippen LogP contribution in [0.25, 0.3) is 0 Å². The summed E-state index contributed by atoms with van der Waals surface area (Å²) in [6.07, 6.45) is 5.74. The Balaban J connectivity index is 1.60. The Labute approximate surface area is 168 Å². The molecule has 0 radical (unpaired) electrons. The van der Waals surface area contributed by atoms with Gasteiger partial charge in [-0.05, 0) is 43.0 Å². The molecule has 1 aliphatic heterocycles. The third kappa shape index (κ3) is 5.15. The molecule has 0 amide bonds. The highest BCUT2D eigenvalue weighted by molar-refractivity contribution is 5.79. The minimum atomic E-state index is 0.715. The second-order valence-electron chi connectivity index (χ2n) is 7.14. The first-order valence-electron chi connectivity index (χ1n) is 9.95. The molecule has 1 N–H and O–H groups in total. The van der Waals surface area contributed by atoms with Gasteiger partial charge in [0.2, 0.25) is 0 Å². The van der Waals surface area contributed by atoms with Crippen molar-refractivity contribution in [3.63, 3.8) is 0 Å². The Kier molecular flexibility index (Phi) is 7.12. The van der Waals surface area contributed by atoms with Gasteiger partial charge in [-0.25, -0.2) is 4.98 Å². The second-order valence-corrected chi connectivity index (χ2v) is 7.14. The number of methoxy groups -OCH3 is 1. The maximum absolute atomic E-state index is 5.46. The van der Waals surface area contributed by atoms with Gasteiger partial charge < -0.3 is 19.9 Å². The van der Waals surface area contributed by atoms with E-state index in [1.165, 1.54) is 24.8 Å². The van der Waals surface area contributed by atoms with E-state index in [4.69, 9.17) is 4.74 Å². The zero-order valence-corrected chi connectivity index (χ0v) is 17.2. The molecule has 150 valence electrons. The number of hydrogen-bond acceptors (Lipinski definition) is 4. The van der Waals surface area contributed by atoms with E-state index in [-0.39, 0.29) is 0 Å². The first-order valence-corrected chi connectivity index (χ1v) is 9.95. The van der Waals surface area contributed by atoms with Crippen LogP contribution in [0.3, 0.4) is 0 Å². The third-order valence-corrected chi connectivity index (χ3v) is 5.11. The topological polar surface area (TPSA) is 53.0 Å². The molecule has 1 fully saturated rings. The number of anilines is 1. The summed E-state index contributed by atoms with van der Waals surface area (Å²) < 4.78 is 5.46. The minimum Gasteiger partial charge on any atom is -0.496 e. The van der Waals surface area contributed by atoms with Crippen molar-refractivity contribution in [3.05, 3.63) is 53.7 Å². The zero-order valence-electron chi connectivity index (χ0n) is 17.2. The molecule has 2 heterocycles. The molecule has 3 rings (SSSR count). The van der Waals surface area contributed by atoms with Crippen LogP contribution in [0.2, 0.25) is 0 Å². The number of para-hydroxylation sites is 1. The van der Waals surface area contributed by atoms with Gasteiger partial charge in [0.25, 0.3) is 0 Å². The summed E-state index contributed by atoms with van der Waals surface area (Å²) in [6.45, 7) is 3.64. The van der Waals surface area contributed by atoms with Gasteiger partial charge >= 0.3 is 0 Å². The molecule has 0 unspecified atom stereocenters. The molecule has 0 saturated carbocycles. The van der Waals surface area contributed by atoms with Crippen molar-refractivity contribution in [1.29, 1.82) is 0 Å². The smallest absolute Gasteiger partial charge is 0.193 e. The summed E-state index contributed by atoms with van der Waals surface area (Å²) in [7, 11) is 5.55. The summed E-state index contributed by atoms with van der Waals surface area (Å²) in [5, 5.41) is 3.46. The number of aliphatic imine (C=N–C) groups is 1. The molecule has 6 heteroatoms. The number of hydrogen-bond donors (Lipinski definition) is 1. The lowest BCUT2D eigenvalue weighted by Crippen LogP contribution is -2.38. The van der Waals surface area contributed by atoms with E-state index in [9.17, 15) is 0 Å². The fraction of sp³-hybridized carbons (Fsp3) is 0.455. The minimum absolute atomic E-state index is 0.715. The van der Waals surface area contributed by atoms with E-state index in [0.717, 1.165) is 42.7 Å². The van der Waals surface area contributed by atoms with E-state index in [1.54, 1.807) is 7.11 Å². The quantitative estimate of drug-likeness (QED) is 0.615. The van der Waals surface area contributed by atoms with Crippen LogP contribution in [-0.2, 0) is 13.1 Å². The fourth-order valence-electron chi connectivity index (χ4n) is 3.60. The molecule has 1 saturated heterocycles. The highest BCUT2D eigenvalue weighted by atomic mass is 16.5. The number of benzene rings is 1. The molecule has 2 aromatic rings. The molecule has 6 nitrogen and oxygen atoms in total. The third-order valence-electron chi connectivity index (χ3n) is 5.11. The molecular formula is C22H31N5O.